The number of rotatable bonds is 5. The summed E-state index contributed by atoms with van der Waals surface area (Å²) in [5.41, 5.74) is 0.617. The van der Waals surface area contributed by atoms with E-state index in [1.54, 1.807) is 49.6 Å². The molecule has 0 bridgehead atoms. The van der Waals surface area contributed by atoms with Gasteiger partial charge in [-0.1, -0.05) is 6.07 Å². The lowest BCUT2D eigenvalue weighted by Crippen LogP contribution is -2.38. The van der Waals surface area contributed by atoms with Crippen molar-refractivity contribution in [3.05, 3.63) is 62.0 Å². The second-order valence-electron chi connectivity index (χ2n) is 6.45. The number of halogens is 1. The summed E-state index contributed by atoms with van der Waals surface area (Å²) in [6.45, 7) is 3.86. The van der Waals surface area contributed by atoms with Crippen molar-refractivity contribution in [3.63, 3.8) is 0 Å². The monoisotopic (exact) mass is 501 g/mol. The summed E-state index contributed by atoms with van der Waals surface area (Å²) in [5.74, 6) is 0.201. The van der Waals surface area contributed by atoms with E-state index in [0.29, 0.717) is 33.0 Å². The summed E-state index contributed by atoms with van der Waals surface area (Å²) in [7, 11) is 0. The molecular formula is C21H16BrN3O5S. The van der Waals surface area contributed by atoms with Crippen LogP contribution >= 0.6 is 27.3 Å². The van der Waals surface area contributed by atoms with Gasteiger partial charge in [-0.25, -0.2) is 4.79 Å². The maximum absolute atomic E-state index is 12.5. The van der Waals surface area contributed by atoms with E-state index in [0.717, 1.165) is 0 Å². The van der Waals surface area contributed by atoms with Crippen LogP contribution in [0, 0.1) is 5.41 Å². The average Bonchev–Trinajstić information content (AvgIpc) is 3.37. The number of nitrogens with zero attached hydrogens (tertiary/aromatic N) is 2. The third-order valence-electron chi connectivity index (χ3n) is 4.24. The van der Waals surface area contributed by atoms with Crippen molar-refractivity contribution in [1.82, 2.24) is 5.06 Å². The van der Waals surface area contributed by atoms with Crippen molar-refractivity contribution in [2.24, 2.45) is 4.99 Å². The Hall–Kier alpha value is -3.24. The maximum atomic E-state index is 12.5. The molecule has 1 amide bonds. The SMILES string of the molecule is CCOc1cc(/C=C2/C(=N)N3OC(C)=CC3=NC2=O)cc(Br)c1OC(=O)c1cccs1. The van der Waals surface area contributed by atoms with Crippen LogP contribution in [0.3, 0.4) is 0 Å². The van der Waals surface area contributed by atoms with Gasteiger partial charge in [0.1, 0.15) is 10.6 Å². The Bertz CT molecular complexity index is 1180. The van der Waals surface area contributed by atoms with Crippen LogP contribution in [0.15, 0.2) is 56.5 Å². The summed E-state index contributed by atoms with van der Waals surface area (Å²) < 4.78 is 11.7. The van der Waals surface area contributed by atoms with Crippen LogP contribution in [-0.4, -0.2) is 35.2 Å². The summed E-state index contributed by atoms with van der Waals surface area (Å²) in [6, 6.07) is 6.74. The Morgan fingerprint density at radius 3 is 2.94 bits per heavy atom. The number of nitrogens with one attached hydrogen (secondary N) is 1. The number of allylic oxidation sites excluding steroid dienone is 1. The van der Waals surface area contributed by atoms with Crippen molar-refractivity contribution in [3.8, 4) is 11.5 Å². The Morgan fingerprint density at radius 2 is 2.23 bits per heavy atom. The quantitative estimate of drug-likeness (QED) is 0.365. The molecule has 1 aromatic heterocycles. The highest BCUT2D eigenvalue weighted by molar-refractivity contribution is 9.10. The zero-order valence-corrected chi connectivity index (χ0v) is 18.9. The highest BCUT2D eigenvalue weighted by atomic mass is 79.9. The molecule has 0 radical (unpaired) electrons. The number of hydrogen-bond donors (Lipinski definition) is 1. The lowest BCUT2D eigenvalue weighted by atomic mass is 10.1. The van der Waals surface area contributed by atoms with Crippen LogP contribution in [-0.2, 0) is 9.63 Å². The van der Waals surface area contributed by atoms with Gasteiger partial charge in [0.2, 0.25) is 0 Å². The van der Waals surface area contributed by atoms with E-state index in [1.165, 1.54) is 22.5 Å². The predicted octanol–water partition coefficient (Wildman–Crippen LogP) is 4.58. The first-order valence-corrected chi connectivity index (χ1v) is 10.9. The third kappa shape index (κ3) is 4.17. The highest BCUT2D eigenvalue weighted by Gasteiger charge is 2.34. The molecule has 3 heterocycles. The number of hydrogen-bond acceptors (Lipinski definition) is 7. The number of amides is 1. The fourth-order valence-corrected chi connectivity index (χ4v) is 4.08. The molecule has 8 nitrogen and oxygen atoms in total. The van der Waals surface area contributed by atoms with Crippen molar-refractivity contribution < 1.29 is 23.9 Å². The summed E-state index contributed by atoms with van der Waals surface area (Å²) in [4.78, 5) is 34.7. The molecule has 2 aromatic rings. The molecule has 4 rings (SSSR count). The minimum Gasteiger partial charge on any atom is -0.490 e. The van der Waals surface area contributed by atoms with Gasteiger partial charge in [-0.3, -0.25) is 10.2 Å². The van der Waals surface area contributed by atoms with Gasteiger partial charge in [-0.2, -0.15) is 4.99 Å². The number of benzene rings is 1. The summed E-state index contributed by atoms with van der Waals surface area (Å²) in [5, 5.41) is 11.3. The smallest absolute Gasteiger partial charge is 0.353 e. The van der Waals surface area contributed by atoms with E-state index in [2.05, 4.69) is 20.9 Å². The van der Waals surface area contributed by atoms with Gasteiger partial charge in [-0.15, -0.1) is 16.4 Å². The van der Waals surface area contributed by atoms with Crippen molar-refractivity contribution in [2.75, 3.05) is 6.61 Å². The van der Waals surface area contributed by atoms with Gasteiger partial charge in [0.05, 0.1) is 16.7 Å². The van der Waals surface area contributed by atoms with Gasteiger partial charge < -0.3 is 14.3 Å². The number of thiophene rings is 1. The summed E-state index contributed by atoms with van der Waals surface area (Å²) >= 11 is 4.69. The molecule has 2 aliphatic rings. The topological polar surface area (TPSA) is 101 Å². The zero-order valence-electron chi connectivity index (χ0n) is 16.5. The van der Waals surface area contributed by atoms with Gasteiger partial charge in [0.15, 0.2) is 23.2 Å². The molecule has 0 saturated carbocycles. The highest BCUT2D eigenvalue weighted by Crippen LogP contribution is 2.38. The number of carbonyl (C=O) groups excluding carboxylic acids is 2. The standard InChI is InChI=1S/C21H16BrN3O5S/c1-3-28-15-10-12(9-14(22)18(15)29-21(27)16-5-4-6-31-16)8-13-19(23)25-17(24-20(13)26)7-11(2)30-25/h4-10,23H,3H2,1-2H3/b13-8-,23-19?. The van der Waals surface area contributed by atoms with Crippen LogP contribution in [0.2, 0.25) is 0 Å². The van der Waals surface area contributed by atoms with E-state index in [1.807, 2.05) is 0 Å². The molecule has 0 saturated heterocycles. The fourth-order valence-electron chi connectivity index (χ4n) is 2.94. The number of aliphatic imine (C=N–C) groups is 1. The minimum atomic E-state index is -0.548. The zero-order chi connectivity index (χ0) is 22.1. The second-order valence-corrected chi connectivity index (χ2v) is 8.25. The molecule has 0 unspecified atom stereocenters. The molecule has 1 aromatic carbocycles. The molecule has 158 valence electrons. The number of carbonyl (C=O) groups is 2. The number of fused-ring (bicyclic) bond motifs is 1. The van der Waals surface area contributed by atoms with E-state index < -0.39 is 11.9 Å². The van der Waals surface area contributed by atoms with Crippen LogP contribution in [0.5, 0.6) is 11.5 Å². The van der Waals surface area contributed by atoms with Crippen LogP contribution in [0.1, 0.15) is 29.1 Å². The van der Waals surface area contributed by atoms with Crippen molar-refractivity contribution >= 4 is 56.9 Å². The largest absolute Gasteiger partial charge is 0.490 e. The maximum Gasteiger partial charge on any atom is 0.353 e. The lowest BCUT2D eigenvalue weighted by molar-refractivity contribution is -0.114. The molecule has 1 N–H and O–H groups in total. The second kappa shape index (κ2) is 8.48. The molecule has 0 spiro atoms. The van der Waals surface area contributed by atoms with Gasteiger partial charge in [-0.05, 0) is 65.0 Å². The van der Waals surface area contributed by atoms with E-state index in [-0.39, 0.29) is 23.0 Å². The third-order valence-corrected chi connectivity index (χ3v) is 5.68. The van der Waals surface area contributed by atoms with E-state index in [9.17, 15) is 9.59 Å². The normalized spacial score (nSPS) is 16.6. The van der Waals surface area contributed by atoms with Gasteiger partial charge in [0, 0.05) is 6.08 Å². The van der Waals surface area contributed by atoms with Gasteiger partial charge in [0.25, 0.3) is 5.91 Å². The first kappa shape index (κ1) is 21.0. The summed E-state index contributed by atoms with van der Waals surface area (Å²) in [6.07, 6.45) is 3.10. The fraction of sp³-hybridized carbons (Fsp3) is 0.143. The predicted molar refractivity (Wildman–Crippen MR) is 119 cm³/mol. The molecule has 31 heavy (non-hydrogen) atoms. The van der Waals surface area contributed by atoms with Crippen LogP contribution in [0.4, 0.5) is 0 Å². The minimum absolute atomic E-state index is 0.0597. The van der Waals surface area contributed by atoms with Crippen LogP contribution in [0.25, 0.3) is 6.08 Å². The molecule has 2 aliphatic heterocycles. The lowest BCUT2D eigenvalue weighted by Gasteiger charge is -2.23. The molecular weight excluding hydrogens is 486 g/mol. The first-order valence-electron chi connectivity index (χ1n) is 9.19. The molecule has 0 aliphatic carbocycles. The Kier molecular flexibility index (Phi) is 5.75. The van der Waals surface area contributed by atoms with Gasteiger partial charge >= 0.3 is 5.97 Å². The number of ether oxygens (including phenoxy) is 2. The number of amidine groups is 2. The van der Waals surface area contributed by atoms with E-state index >= 15 is 0 Å². The van der Waals surface area contributed by atoms with E-state index in [4.69, 9.17) is 19.7 Å². The molecule has 0 fully saturated rings. The average molecular weight is 502 g/mol. The molecule has 0 atom stereocenters. The van der Waals surface area contributed by atoms with Crippen molar-refractivity contribution in [2.45, 2.75) is 13.8 Å². The van der Waals surface area contributed by atoms with Crippen molar-refractivity contribution in [1.29, 1.82) is 5.41 Å². The first-order chi connectivity index (χ1) is 14.9. The number of hydroxylamine groups is 2. The Morgan fingerprint density at radius 1 is 1.42 bits per heavy atom. The Balaban J connectivity index is 1.68. The Labute approximate surface area is 190 Å². The molecule has 10 heteroatoms. The van der Waals surface area contributed by atoms with Crippen LogP contribution < -0.4 is 9.47 Å². The number of esters is 1.